The van der Waals surface area contributed by atoms with E-state index in [1.165, 1.54) is 18.9 Å². The van der Waals surface area contributed by atoms with Crippen LogP contribution in [0.5, 0.6) is 0 Å². The molecule has 0 radical (unpaired) electrons. The molecule has 2 heterocycles. The van der Waals surface area contributed by atoms with Gasteiger partial charge in [-0.3, -0.25) is 9.59 Å². The van der Waals surface area contributed by atoms with Gasteiger partial charge < -0.3 is 19.1 Å². The molecule has 7 heteroatoms. The van der Waals surface area contributed by atoms with Crippen LogP contribution in [0.15, 0.2) is 29.2 Å². The molecule has 6 nitrogen and oxygen atoms in total. The van der Waals surface area contributed by atoms with E-state index in [0.717, 1.165) is 17.7 Å². The van der Waals surface area contributed by atoms with Crippen molar-refractivity contribution in [2.45, 2.75) is 36.2 Å². The molecule has 3 rings (SSSR count). The zero-order chi connectivity index (χ0) is 18.5. The van der Waals surface area contributed by atoms with Crippen LogP contribution in [0.25, 0.3) is 0 Å². The Balaban J connectivity index is 1.64. The lowest BCUT2D eigenvalue weighted by molar-refractivity contribution is -0.139. The first kappa shape index (κ1) is 19.2. The number of methoxy groups -OCH3 is 1. The summed E-state index contributed by atoms with van der Waals surface area (Å²) >= 11 is 1.35. The van der Waals surface area contributed by atoms with Crippen molar-refractivity contribution in [3.63, 3.8) is 0 Å². The molecule has 1 amide bonds. The Labute approximate surface area is 158 Å². The van der Waals surface area contributed by atoms with Crippen LogP contribution in [0.2, 0.25) is 0 Å². The van der Waals surface area contributed by atoms with Crippen LogP contribution in [-0.2, 0) is 19.0 Å². The smallest absolute Gasteiger partial charge is 0.318 e. The van der Waals surface area contributed by atoms with Gasteiger partial charge in [-0.25, -0.2) is 0 Å². The number of piperidine rings is 1. The Kier molecular flexibility index (Phi) is 6.56. The number of carbonyl (C=O) groups excluding carboxylic acids is 2. The van der Waals surface area contributed by atoms with Gasteiger partial charge in [0.2, 0.25) is 0 Å². The number of esters is 1. The van der Waals surface area contributed by atoms with Crippen LogP contribution in [-0.4, -0.2) is 61.7 Å². The molecule has 0 N–H and O–H groups in total. The quantitative estimate of drug-likeness (QED) is 0.579. The summed E-state index contributed by atoms with van der Waals surface area (Å²) < 4.78 is 16.0. The molecule has 1 unspecified atom stereocenters. The van der Waals surface area contributed by atoms with Gasteiger partial charge in [-0.2, -0.15) is 0 Å². The fraction of sp³-hybridized carbons (Fsp3) is 0.579. The summed E-state index contributed by atoms with van der Waals surface area (Å²) in [7, 11) is 1.37. The average molecular weight is 379 g/mol. The van der Waals surface area contributed by atoms with E-state index in [1.807, 2.05) is 29.2 Å². The topological polar surface area (TPSA) is 65.1 Å². The molecule has 0 saturated carbocycles. The number of nitrogens with zero attached hydrogens (tertiary/aromatic N) is 1. The number of likely N-dealkylation sites (tertiary alicyclic amines) is 1. The summed E-state index contributed by atoms with van der Waals surface area (Å²) in [6.07, 6.45) is 1.64. The maximum absolute atomic E-state index is 13.0. The van der Waals surface area contributed by atoms with Crippen LogP contribution in [0.1, 0.15) is 30.1 Å². The van der Waals surface area contributed by atoms with Gasteiger partial charge in [-0.15, -0.1) is 11.8 Å². The molecule has 2 aliphatic heterocycles. The number of amides is 1. The van der Waals surface area contributed by atoms with Crippen LogP contribution in [0, 0.1) is 5.92 Å². The van der Waals surface area contributed by atoms with Gasteiger partial charge in [0.1, 0.15) is 5.25 Å². The minimum absolute atomic E-state index is 0.0110. The number of carbonyl (C=O) groups is 2. The van der Waals surface area contributed by atoms with Crippen LogP contribution in [0.4, 0.5) is 0 Å². The fourth-order valence-corrected chi connectivity index (χ4v) is 4.36. The lowest BCUT2D eigenvalue weighted by Crippen LogP contribution is -2.41. The van der Waals surface area contributed by atoms with E-state index < -0.39 is 0 Å². The second kappa shape index (κ2) is 8.88. The molecule has 0 aromatic heterocycles. The highest BCUT2D eigenvalue weighted by Gasteiger charge is 2.32. The van der Waals surface area contributed by atoms with E-state index in [0.29, 0.717) is 37.8 Å². The van der Waals surface area contributed by atoms with Crippen molar-refractivity contribution < 1.29 is 23.8 Å². The van der Waals surface area contributed by atoms with Crippen molar-refractivity contribution in [1.82, 2.24) is 4.90 Å². The molecule has 1 aromatic carbocycles. The number of hydrogen-bond donors (Lipinski definition) is 0. The molecule has 26 heavy (non-hydrogen) atoms. The maximum Gasteiger partial charge on any atom is 0.318 e. The zero-order valence-corrected chi connectivity index (χ0v) is 16.0. The standard InChI is InChI=1S/C19H25NO5S/c1-13(18(22)23-2)26-16-6-4-3-5-15(16)17(21)20-9-7-14(8-10-20)19-24-11-12-25-19/h3-6,13-14,19H,7-12H2,1-2H3. The summed E-state index contributed by atoms with van der Waals surface area (Å²) in [5.41, 5.74) is 0.639. The summed E-state index contributed by atoms with van der Waals surface area (Å²) in [5, 5.41) is -0.364. The highest BCUT2D eigenvalue weighted by atomic mass is 32.2. The third kappa shape index (κ3) is 4.39. The largest absolute Gasteiger partial charge is 0.468 e. The Morgan fingerprint density at radius 3 is 2.50 bits per heavy atom. The Hall–Kier alpha value is -1.57. The lowest BCUT2D eigenvalue weighted by Gasteiger charge is -2.34. The monoisotopic (exact) mass is 379 g/mol. The Bertz CT molecular complexity index is 639. The minimum atomic E-state index is -0.364. The molecule has 2 fully saturated rings. The first-order valence-corrected chi connectivity index (χ1v) is 9.84. The molecule has 0 bridgehead atoms. The fourth-order valence-electron chi connectivity index (χ4n) is 3.34. The highest BCUT2D eigenvalue weighted by Crippen LogP contribution is 2.30. The molecule has 0 aliphatic carbocycles. The zero-order valence-electron chi connectivity index (χ0n) is 15.2. The number of rotatable bonds is 5. The summed E-state index contributed by atoms with van der Waals surface area (Å²) in [4.78, 5) is 27.4. The van der Waals surface area contributed by atoms with Crippen molar-refractivity contribution in [3.05, 3.63) is 29.8 Å². The van der Waals surface area contributed by atoms with Crippen molar-refractivity contribution in [2.24, 2.45) is 5.92 Å². The van der Waals surface area contributed by atoms with Gasteiger partial charge in [0.25, 0.3) is 5.91 Å². The predicted octanol–water partition coefficient (Wildman–Crippen LogP) is 2.57. The van der Waals surface area contributed by atoms with Crippen molar-refractivity contribution in [2.75, 3.05) is 33.4 Å². The van der Waals surface area contributed by atoms with Crippen LogP contribution >= 0.6 is 11.8 Å². The molecule has 0 spiro atoms. The van der Waals surface area contributed by atoms with Crippen molar-refractivity contribution >= 4 is 23.6 Å². The second-order valence-electron chi connectivity index (χ2n) is 6.52. The maximum atomic E-state index is 13.0. The molecular weight excluding hydrogens is 354 g/mol. The molecule has 1 atom stereocenters. The van der Waals surface area contributed by atoms with E-state index in [-0.39, 0.29) is 23.4 Å². The van der Waals surface area contributed by atoms with Gasteiger partial charge in [-0.05, 0) is 31.9 Å². The predicted molar refractivity (Wildman–Crippen MR) is 98.1 cm³/mol. The SMILES string of the molecule is COC(=O)C(C)Sc1ccccc1C(=O)N1CCC(C2OCCO2)CC1. The van der Waals surface area contributed by atoms with Crippen LogP contribution in [0.3, 0.4) is 0 Å². The van der Waals surface area contributed by atoms with Gasteiger partial charge in [0.15, 0.2) is 6.29 Å². The van der Waals surface area contributed by atoms with Gasteiger partial charge in [0, 0.05) is 23.9 Å². The van der Waals surface area contributed by atoms with Gasteiger partial charge in [-0.1, -0.05) is 12.1 Å². The normalized spacial score (nSPS) is 20.2. The molecule has 2 aliphatic rings. The van der Waals surface area contributed by atoms with E-state index >= 15 is 0 Å². The van der Waals surface area contributed by atoms with Crippen molar-refractivity contribution in [1.29, 1.82) is 0 Å². The van der Waals surface area contributed by atoms with E-state index in [9.17, 15) is 9.59 Å². The van der Waals surface area contributed by atoms with E-state index in [4.69, 9.17) is 14.2 Å². The number of benzene rings is 1. The van der Waals surface area contributed by atoms with Gasteiger partial charge in [0.05, 0.1) is 25.9 Å². The second-order valence-corrected chi connectivity index (χ2v) is 7.90. The molecule has 142 valence electrons. The third-order valence-electron chi connectivity index (χ3n) is 4.81. The summed E-state index contributed by atoms with van der Waals surface area (Å²) in [6.45, 7) is 4.49. The molecular formula is C19H25NO5S. The first-order chi connectivity index (χ1) is 12.6. The Morgan fingerprint density at radius 2 is 1.85 bits per heavy atom. The highest BCUT2D eigenvalue weighted by molar-refractivity contribution is 8.00. The molecule has 2 saturated heterocycles. The minimum Gasteiger partial charge on any atom is -0.468 e. The number of ether oxygens (including phenoxy) is 3. The van der Waals surface area contributed by atoms with Gasteiger partial charge >= 0.3 is 5.97 Å². The van der Waals surface area contributed by atoms with Crippen LogP contribution < -0.4 is 0 Å². The number of hydrogen-bond acceptors (Lipinski definition) is 6. The average Bonchev–Trinajstić information content (AvgIpc) is 3.22. The Morgan fingerprint density at radius 1 is 1.19 bits per heavy atom. The summed E-state index contributed by atoms with van der Waals surface area (Å²) in [6, 6.07) is 7.44. The van der Waals surface area contributed by atoms with Crippen molar-refractivity contribution in [3.8, 4) is 0 Å². The summed E-state index contributed by atoms with van der Waals surface area (Å²) in [5.74, 6) is 0.0667. The van der Waals surface area contributed by atoms with E-state index in [2.05, 4.69) is 0 Å². The molecule has 1 aromatic rings. The first-order valence-electron chi connectivity index (χ1n) is 8.96. The lowest BCUT2D eigenvalue weighted by atomic mass is 9.95. The van der Waals surface area contributed by atoms with E-state index in [1.54, 1.807) is 6.92 Å². The number of thioether (sulfide) groups is 1. The third-order valence-corrected chi connectivity index (χ3v) is 5.97.